The molecule has 0 bridgehead atoms. The molecule has 2 aromatic heterocycles. The van der Waals surface area contributed by atoms with Crippen LogP contribution in [0.4, 0.5) is 40.6 Å². The van der Waals surface area contributed by atoms with E-state index in [0.29, 0.717) is 12.5 Å². The third-order valence-corrected chi connectivity index (χ3v) is 5.87. The monoisotopic (exact) mass is 579 g/mol. The summed E-state index contributed by atoms with van der Waals surface area (Å²) in [6, 6.07) is 11.9. The molecule has 8 nitrogen and oxygen atoms in total. The molecule has 0 radical (unpaired) electrons. The molecule has 1 atom stereocenters. The van der Waals surface area contributed by atoms with Crippen LogP contribution in [0.2, 0.25) is 0 Å². The summed E-state index contributed by atoms with van der Waals surface area (Å²) in [5.74, 6) is -1.94. The Kier molecular flexibility index (Phi) is 10.2. The lowest BCUT2D eigenvalue weighted by Crippen LogP contribution is -2.44. The van der Waals surface area contributed by atoms with Gasteiger partial charge in [0.25, 0.3) is 5.91 Å². The zero-order valence-electron chi connectivity index (χ0n) is 22.4. The maximum Gasteiger partial charge on any atom is 0.339 e. The minimum atomic E-state index is -1.19. The molecule has 0 fully saturated rings. The molecule has 4 aromatic rings. The zero-order chi connectivity index (χ0) is 30.9. The fourth-order valence-corrected chi connectivity index (χ4v) is 3.35. The molecule has 4 N–H and O–H groups in total. The molecule has 0 aliphatic heterocycles. The lowest BCUT2D eigenvalue weighted by atomic mass is 9.99. The number of benzene rings is 2. The van der Waals surface area contributed by atoms with Gasteiger partial charge in [0.1, 0.15) is 40.5 Å². The van der Waals surface area contributed by atoms with Crippen molar-refractivity contribution in [3.63, 3.8) is 0 Å². The van der Waals surface area contributed by atoms with Crippen LogP contribution in [-0.4, -0.2) is 32.5 Å². The summed E-state index contributed by atoms with van der Waals surface area (Å²) < 4.78 is 52.9. The number of anilines is 4. The molecule has 0 saturated carbocycles. The molecule has 0 spiro atoms. The first-order valence-electron chi connectivity index (χ1n) is 12.3. The van der Waals surface area contributed by atoms with E-state index in [1.807, 2.05) is 6.92 Å². The number of aromatic carboxylic acids is 1. The number of aromatic nitrogens is 2. The van der Waals surface area contributed by atoms with Gasteiger partial charge in [-0.15, -0.1) is 6.42 Å². The smallest absolute Gasteiger partial charge is 0.339 e. The van der Waals surface area contributed by atoms with Crippen LogP contribution >= 0.6 is 0 Å². The van der Waals surface area contributed by atoms with Crippen LogP contribution in [0.1, 0.15) is 41.0 Å². The average molecular weight is 580 g/mol. The number of amides is 1. The molecule has 1 amide bonds. The maximum absolute atomic E-state index is 13.8. The van der Waals surface area contributed by atoms with Gasteiger partial charge in [-0.1, -0.05) is 12.8 Å². The Labute approximate surface area is 238 Å². The van der Waals surface area contributed by atoms with Crippen molar-refractivity contribution in [3.05, 3.63) is 107 Å². The minimum absolute atomic E-state index is 0.00416. The Morgan fingerprint density at radius 3 is 1.76 bits per heavy atom. The Morgan fingerprint density at radius 1 is 0.857 bits per heavy atom. The van der Waals surface area contributed by atoms with Crippen molar-refractivity contribution >= 4 is 34.9 Å². The second-order valence-electron chi connectivity index (χ2n) is 8.89. The number of hydrogen-bond donors (Lipinski definition) is 4. The van der Waals surface area contributed by atoms with Crippen LogP contribution in [0, 0.1) is 35.6 Å². The van der Waals surface area contributed by atoms with Crippen molar-refractivity contribution in [1.82, 2.24) is 15.3 Å². The van der Waals surface area contributed by atoms with Crippen molar-refractivity contribution in [2.45, 2.75) is 25.8 Å². The van der Waals surface area contributed by atoms with Crippen LogP contribution in [0.15, 0.2) is 73.1 Å². The second-order valence-corrected chi connectivity index (χ2v) is 8.89. The van der Waals surface area contributed by atoms with E-state index in [4.69, 9.17) is 11.5 Å². The van der Waals surface area contributed by atoms with Gasteiger partial charge in [0.15, 0.2) is 0 Å². The highest BCUT2D eigenvalue weighted by Crippen LogP contribution is 2.23. The predicted molar refractivity (Wildman–Crippen MR) is 150 cm³/mol. The van der Waals surface area contributed by atoms with Gasteiger partial charge in [0.05, 0.1) is 22.5 Å². The molecule has 216 valence electrons. The number of carboxylic acid groups (broad SMARTS) is 1. The van der Waals surface area contributed by atoms with E-state index in [9.17, 15) is 27.2 Å². The number of nitrogens with zero attached hydrogens (tertiary/aromatic N) is 2. The van der Waals surface area contributed by atoms with Gasteiger partial charge < -0.3 is 21.1 Å². The highest BCUT2D eigenvalue weighted by atomic mass is 19.1. The summed E-state index contributed by atoms with van der Waals surface area (Å²) in [5.41, 5.74) is -0.722. The van der Waals surface area contributed by atoms with Gasteiger partial charge in [-0.3, -0.25) is 4.79 Å². The van der Waals surface area contributed by atoms with E-state index in [1.54, 1.807) is 19.1 Å². The van der Waals surface area contributed by atoms with Crippen LogP contribution in [0.25, 0.3) is 0 Å². The van der Waals surface area contributed by atoms with Crippen LogP contribution in [0.3, 0.4) is 0 Å². The standard InChI is InChI=1S/C18H17F2N3O.C12H8F2N2O2/c1-4-18(3,5-2)23-17(24)13-7-6-10-21-16(13)22-15-9-8-12(19)11-14(15)20;13-7-3-4-10(9(14)6-7)16-11-8(12(17)18)2-1-5-15-11/h1,6-11H,5H2,2-3H3,(H,21,22)(H,23,24);1-6H,(H,15,16)(H,17,18). The number of rotatable bonds is 8. The largest absolute Gasteiger partial charge is 0.478 e. The van der Waals surface area contributed by atoms with Gasteiger partial charge in [-0.25, -0.2) is 32.3 Å². The number of pyridine rings is 2. The number of hydrogen-bond acceptors (Lipinski definition) is 6. The molecule has 4 rings (SSSR count). The molecule has 0 saturated heterocycles. The van der Waals surface area contributed by atoms with Gasteiger partial charge in [-0.05, 0) is 61.9 Å². The van der Waals surface area contributed by atoms with E-state index >= 15 is 0 Å². The summed E-state index contributed by atoms with van der Waals surface area (Å²) >= 11 is 0. The Morgan fingerprint density at radius 2 is 1.33 bits per heavy atom. The van der Waals surface area contributed by atoms with E-state index in [-0.39, 0.29) is 34.1 Å². The molecule has 2 aromatic carbocycles. The highest BCUT2D eigenvalue weighted by molar-refractivity contribution is 6.00. The van der Waals surface area contributed by atoms with Crippen molar-refractivity contribution < 1.29 is 32.3 Å². The maximum atomic E-state index is 13.8. The quantitative estimate of drug-likeness (QED) is 0.140. The average Bonchev–Trinajstić information content (AvgIpc) is 2.96. The number of terminal acetylenes is 1. The normalized spacial score (nSPS) is 11.6. The summed E-state index contributed by atoms with van der Waals surface area (Å²) in [6.45, 7) is 3.59. The lowest BCUT2D eigenvalue weighted by molar-refractivity contribution is 0.0697. The number of carbonyl (C=O) groups excluding carboxylic acids is 1. The van der Waals surface area contributed by atoms with Gasteiger partial charge in [0.2, 0.25) is 0 Å². The van der Waals surface area contributed by atoms with Gasteiger partial charge in [-0.2, -0.15) is 0 Å². The summed E-state index contributed by atoms with van der Waals surface area (Å²) in [4.78, 5) is 31.3. The van der Waals surface area contributed by atoms with Crippen molar-refractivity contribution in [2.24, 2.45) is 0 Å². The Hall–Kier alpha value is -5.44. The minimum Gasteiger partial charge on any atom is -0.478 e. The Balaban J connectivity index is 0.000000240. The van der Waals surface area contributed by atoms with Crippen LogP contribution in [-0.2, 0) is 0 Å². The fraction of sp³-hybridized carbons (Fsp3) is 0.133. The first kappa shape index (κ1) is 31.1. The summed E-state index contributed by atoms with van der Waals surface area (Å²) in [7, 11) is 0. The molecule has 2 heterocycles. The SMILES string of the molecule is C#CC(C)(CC)NC(=O)c1cccnc1Nc1ccc(F)cc1F.O=C(O)c1cccnc1Nc1ccc(F)cc1F. The number of nitrogens with one attached hydrogen (secondary N) is 3. The molecular weight excluding hydrogens is 554 g/mol. The predicted octanol–water partition coefficient (Wildman–Crippen LogP) is 6.44. The first-order valence-corrected chi connectivity index (χ1v) is 12.3. The van der Waals surface area contributed by atoms with Gasteiger partial charge in [0, 0.05) is 24.5 Å². The molecule has 12 heteroatoms. The molecule has 1 unspecified atom stereocenters. The summed E-state index contributed by atoms with van der Waals surface area (Å²) in [6.07, 6.45) is 8.84. The van der Waals surface area contributed by atoms with Crippen molar-refractivity contribution in [1.29, 1.82) is 0 Å². The van der Waals surface area contributed by atoms with E-state index < -0.39 is 40.7 Å². The third kappa shape index (κ3) is 8.04. The zero-order valence-corrected chi connectivity index (χ0v) is 22.4. The first-order chi connectivity index (χ1) is 20.0. The number of halogens is 4. The number of carboxylic acids is 1. The summed E-state index contributed by atoms with van der Waals surface area (Å²) in [5, 5.41) is 16.9. The second kappa shape index (κ2) is 13.8. The third-order valence-electron chi connectivity index (χ3n) is 5.87. The van der Waals surface area contributed by atoms with E-state index in [0.717, 1.165) is 18.2 Å². The molecular formula is C30H25F4N5O3. The van der Waals surface area contributed by atoms with E-state index in [2.05, 4.69) is 31.8 Å². The molecule has 0 aliphatic carbocycles. The van der Waals surface area contributed by atoms with Crippen LogP contribution < -0.4 is 16.0 Å². The van der Waals surface area contributed by atoms with Crippen LogP contribution in [0.5, 0.6) is 0 Å². The molecule has 0 aliphatic rings. The molecule has 42 heavy (non-hydrogen) atoms. The van der Waals surface area contributed by atoms with Crippen molar-refractivity contribution in [3.8, 4) is 12.3 Å². The van der Waals surface area contributed by atoms with Gasteiger partial charge >= 0.3 is 5.97 Å². The topological polar surface area (TPSA) is 116 Å². The number of carbonyl (C=O) groups is 2. The van der Waals surface area contributed by atoms with Crippen molar-refractivity contribution in [2.75, 3.05) is 10.6 Å². The fourth-order valence-electron chi connectivity index (χ4n) is 3.35. The van der Waals surface area contributed by atoms with E-state index in [1.165, 1.54) is 36.7 Å². The Bertz CT molecular complexity index is 1640. The highest BCUT2D eigenvalue weighted by Gasteiger charge is 2.24. The lowest BCUT2D eigenvalue weighted by Gasteiger charge is -2.24.